The minimum absolute atomic E-state index is 0.127. The molecule has 0 saturated carbocycles. The molecule has 1 aliphatic heterocycles. The van der Waals surface area contributed by atoms with Gasteiger partial charge in [-0.25, -0.2) is 0 Å². The number of morpholine rings is 1. The third-order valence-corrected chi connectivity index (χ3v) is 4.95. The lowest BCUT2D eigenvalue weighted by Gasteiger charge is -2.33. The molecule has 0 bridgehead atoms. The Morgan fingerprint density at radius 3 is 2.96 bits per heavy atom. The van der Waals surface area contributed by atoms with E-state index in [2.05, 4.69) is 29.3 Å². The summed E-state index contributed by atoms with van der Waals surface area (Å²) in [5.74, 6) is 1.10. The van der Waals surface area contributed by atoms with E-state index in [-0.39, 0.29) is 11.9 Å². The molecular weight excluding hydrogens is 314 g/mol. The molecule has 3 heterocycles. The van der Waals surface area contributed by atoms with Gasteiger partial charge >= 0.3 is 0 Å². The number of hydrogen-bond acceptors (Lipinski definition) is 6. The topological polar surface area (TPSA) is 68.5 Å². The maximum absolute atomic E-state index is 12.6. The number of carbonyl (C=O) groups is 1. The highest BCUT2D eigenvalue weighted by molar-refractivity contribution is 7.11. The molecule has 1 saturated heterocycles. The highest BCUT2D eigenvalue weighted by Gasteiger charge is 2.32. The van der Waals surface area contributed by atoms with Crippen LogP contribution in [0, 0.1) is 13.8 Å². The van der Waals surface area contributed by atoms with Gasteiger partial charge in [0.25, 0.3) is 0 Å². The first kappa shape index (κ1) is 16.1. The van der Waals surface area contributed by atoms with Gasteiger partial charge in [-0.15, -0.1) is 21.5 Å². The maximum Gasteiger partial charge on any atom is 0.241 e. The summed E-state index contributed by atoms with van der Waals surface area (Å²) in [7, 11) is 0. The molecule has 0 radical (unpaired) electrons. The van der Waals surface area contributed by atoms with Crippen molar-refractivity contribution >= 4 is 17.2 Å². The molecule has 1 fully saturated rings. The van der Waals surface area contributed by atoms with Crippen molar-refractivity contribution in [3.63, 3.8) is 0 Å². The van der Waals surface area contributed by atoms with Crippen LogP contribution in [0.4, 0.5) is 0 Å². The van der Waals surface area contributed by atoms with E-state index in [4.69, 9.17) is 9.15 Å². The van der Waals surface area contributed by atoms with E-state index in [1.54, 1.807) is 18.3 Å². The number of nitrogens with zero attached hydrogens (tertiary/aromatic N) is 3. The minimum atomic E-state index is -0.263. The van der Waals surface area contributed by atoms with E-state index in [1.807, 2.05) is 4.90 Å². The standard InChI is InChI=1S/C16H21N3O3S/c1-11-6-7-13(23-11)4-3-5-15(20)19-8-9-21-10-14(19)16-18-17-12(2)22-16/h6-7,14H,3-5,8-10H2,1-2H3/t14-/m0/s1. The zero-order valence-electron chi connectivity index (χ0n) is 13.4. The molecule has 1 aliphatic rings. The van der Waals surface area contributed by atoms with Crippen molar-refractivity contribution in [2.45, 2.75) is 39.2 Å². The van der Waals surface area contributed by atoms with Crippen LogP contribution in [0.15, 0.2) is 16.5 Å². The first-order valence-electron chi connectivity index (χ1n) is 7.86. The van der Waals surface area contributed by atoms with E-state index in [0.29, 0.717) is 38.0 Å². The second kappa shape index (κ2) is 7.23. The first-order valence-corrected chi connectivity index (χ1v) is 8.67. The molecule has 1 amide bonds. The van der Waals surface area contributed by atoms with Crippen LogP contribution in [0.5, 0.6) is 0 Å². The molecule has 2 aromatic rings. The number of thiophene rings is 1. The highest BCUT2D eigenvalue weighted by Crippen LogP contribution is 2.25. The van der Waals surface area contributed by atoms with Crippen molar-refractivity contribution in [3.05, 3.63) is 33.7 Å². The Morgan fingerprint density at radius 2 is 2.26 bits per heavy atom. The predicted molar refractivity (Wildman–Crippen MR) is 86.3 cm³/mol. The minimum Gasteiger partial charge on any atom is -0.423 e. The molecule has 0 unspecified atom stereocenters. The van der Waals surface area contributed by atoms with Crippen LogP contribution in [0.2, 0.25) is 0 Å². The largest absolute Gasteiger partial charge is 0.423 e. The monoisotopic (exact) mass is 335 g/mol. The lowest BCUT2D eigenvalue weighted by atomic mass is 10.1. The molecule has 0 aliphatic carbocycles. The number of carbonyl (C=O) groups excluding carboxylic acids is 1. The van der Waals surface area contributed by atoms with Crippen LogP contribution >= 0.6 is 11.3 Å². The van der Waals surface area contributed by atoms with Gasteiger partial charge in [0.2, 0.25) is 17.7 Å². The fourth-order valence-electron chi connectivity index (χ4n) is 2.73. The first-order chi connectivity index (χ1) is 11.1. The van der Waals surface area contributed by atoms with Crippen molar-refractivity contribution < 1.29 is 13.9 Å². The van der Waals surface area contributed by atoms with Gasteiger partial charge in [0.15, 0.2) is 0 Å². The molecule has 124 valence electrons. The van der Waals surface area contributed by atoms with E-state index in [0.717, 1.165) is 12.8 Å². The van der Waals surface area contributed by atoms with Crippen molar-refractivity contribution in [1.29, 1.82) is 0 Å². The quantitative estimate of drug-likeness (QED) is 0.840. The van der Waals surface area contributed by atoms with Crippen LogP contribution in [-0.4, -0.2) is 40.8 Å². The lowest BCUT2D eigenvalue weighted by molar-refractivity contribution is -0.141. The summed E-state index contributed by atoms with van der Waals surface area (Å²) >= 11 is 1.80. The highest BCUT2D eigenvalue weighted by atomic mass is 32.1. The smallest absolute Gasteiger partial charge is 0.241 e. The summed E-state index contributed by atoms with van der Waals surface area (Å²) in [5.41, 5.74) is 0. The molecule has 0 aromatic carbocycles. The molecule has 1 atom stereocenters. The van der Waals surface area contributed by atoms with Crippen molar-refractivity contribution in [3.8, 4) is 0 Å². The third kappa shape index (κ3) is 3.97. The number of aromatic nitrogens is 2. The van der Waals surface area contributed by atoms with Gasteiger partial charge < -0.3 is 14.1 Å². The van der Waals surface area contributed by atoms with E-state index >= 15 is 0 Å². The second-order valence-electron chi connectivity index (χ2n) is 5.70. The molecule has 7 heteroatoms. The van der Waals surface area contributed by atoms with Gasteiger partial charge in [0.1, 0.15) is 6.04 Å². The Labute approximate surface area is 139 Å². The number of aryl methyl sites for hydroxylation is 3. The van der Waals surface area contributed by atoms with Crippen LogP contribution in [-0.2, 0) is 16.0 Å². The Balaban J connectivity index is 1.57. The van der Waals surface area contributed by atoms with Crippen LogP contribution in [0.1, 0.15) is 40.4 Å². The molecular formula is C16H21N3O3S. The summed E-state index contributed by atoms with van der Waals surface area (Å²) in [6.45, 7) is 5.39. The maximum atomic E-state index is 12.6. The molecule has 0 spiro atoms. The zero-order valence-corrected chi connectivity index (χ0v) is 14.3. The molecule has 6 nitrogen and oxygen atoms in total. The van der Waals surface area contributed by atoms with E-state index < -0.39 is 0 Å². The predicted octanol–water partition coefficient (Wildman–Crippen LogP) is 2.67. The fraction of sp³-hybridized carbons (Fsp3) is 0.562. The van der Waals surface area contributed by atoms with Crippen molar-refractivity contribution in [2.75, 3.05) is 19.8 Å². The third-order valence-electron chi connectivity index (χ3n) is 3.89. The summed E-state index contributed by atoms with van der Waals surface area (Å²) < 4.78 is 11.0. The molecule has 3 rings (SSSR count). The van der Waals surface area contributed by atoms with Crippen molar-refractivity contribution in [2.24, 2.45) is 0 Å². The van der Waals surface area contributed by atoms with Gasteiger partial charge in [-0.2, -0.15) is 0 Å². The van der Waals surface area contributed by atoms with Gasteiger partial charge in [0.05, 0.1) is 13.2 Å². The average Bonchev–Trinajstić information content (AvgIpc) is 3.16. The Kier molecular flexibility index (Phi) is 5.07. The molecule has 0 N–H and O–H groups in total. The normalized spacial score (nSPS) is 18.3. The average molecular weight is 335 g/mol. The van der Waals surface area contributed by atoms with Gasteiger partial charge in [-0.3, -0.25) is 4.79 Å². The van der Waals surface area contributed by atoms with E-state index in [9.17, 15) is 4.79 Å². The lowest BCUT2D eigenvalue weighted by Crippen LogP contribution is -2.43. The van der Waals surface area contributed by atoms with Crippen LogP contribution in [0.3, 0.4) is 0 Å². The van der Waals surface area contributed by atoms with Crippen LogP contribution < -0.4 is 0 Å². The van der Waals surface area contributed by atoms with E-state index in [1.165, 1.54) is 9.75 Å². The van der Waals surface area contributed by atoms with Crippen LogP contribution in [0.25, 0.3) is 0 Å². The number of hydrogen-bond donors (Lipinski definition) is 0. The summed E-state index contributed by atoms with van der Waals surface area (Å²) in [4.78, 5) is 17.0. The van der Waals surface area contributed by atoms with Gasteiger partial charge in [0, 0.05) is 29.6 Å². The SMILES string of the molecule is Cc1nnc([C@@H]2COCCN2C(=O)CCCc2ccc(C)s2)o1. The number of rotatable bonds is 5. The van der Waals surface area contributed by atoms with Gasteiger partial charge in [-0.05, 0) is 31.9 Å². The molecule has 23 heavy (non-hydrogen) atoms. The number of ether oxygens (including phenoxy) is 1. The Hall–Kier alpha value is -1.73. The van der Waals surface area contributed by atoms with Gasteiger partial charge in [-0.1, -0.05) is 0 Å². The summed E-state index contributed by atoms with van der Waals surface area (Å²) in [6, 6.07) is 4.00. The Morgan fingerprint density at radius 1 is 1.39 bits per heavy atom. The Bertz CT molecular complexity index is 667. The second-order valence-corrected chi connectivity index (χ2v) is 7.08. The summed E-state index contributed by atoms with van der Waals surface area (Å²) in [5, 5.41) is 7.89. The zero-order chi connectivity index (χ0) is 16.2. The van der Waals surface area contributed by atoms with Crippen molar-refractivity contribution in [1.82, 2.24) is 15.1 Å². The summed E-state index contributed by atoms with van der Waals surface area (Å²) in [6.07, 6.45) is 2.32. The fourth-order valence-corrected chi connectivity index (χ4v) is 3.66. The molecule has 2 aromatic heterocycles. The number of amides is 1.